The smallest absolute Gasteiger partial charge is 0.170 e. The Morgan fingerprint density at radius 1 is 1.30 bits per heavy atom. The van der Waals surface area contributed by atoms with Crippen LogP contribution in [0.25, 0.3) is 0 Å². The Kier molecular flexibility index (Phi) is 4.68. The van der Waals surface area contributed by atoms with Crippen LogP contribution in [0.5, 0.6) is 5.75 Å². The molecule has 6 nitrogen and oxygen atoms in total. The van der Waals surface area contributed by atoms with E-state index >= 15 is 0 Å². The summed E-state index contributed by atoms with van der Waals surface area (Å²) in [4.78, 5) is 4.36. The van der Waals surface area contributed by atoms with E-state index in [0.29, 0.717) is 12.6 Å². The predicted octanol–water partition coefficient (Wildman–Crippen LogP) is 1.60. The highest BCUT2D eigenvalue weighted by Gasteiger charge is 2.05. The Bertz CT molecular complexity index is 547. The van der Waals surface area contributed by atoms with Gasteiger partial charge in [0.2, 0.25) is 0 Å². The van der Waals surface area contributed by atoms with E-state index in [1.54, 1.807) is 6.20 Å². The van der Waals surface area contributed by atoms with Gasteiger partial charge in [-0.2, -0.15) is 0 Å². The van der Waals surface area contributed by atoms with Crippen LogP contribution >= 0.6 is 0 Å². The summed E-state index contributed by atoms with van der Waals surface area (Å²) in [5.41, 5.74) is 1.00. The number of pyridine rings is 1. The van der Waals surface area contributed by atoms with Crippen LogP contribution in [0.2, 0.25) is 0 Å². The van der Waals surface area contributed by atoms with Crippen LogP contribution in [0.1, 0.15) is 31.2 Å². The first-order valence-corrected chi connectivity index (χ1v) is 6.72. The highest BCUT2D eigenvalue weighted by atomic mass is 16.5. The minimum absolute atomic E-state index is 0.391. The Morgan fingerprint density at radius 3 is 2.65 bits per heavy atom. The van der Waals surface area contributed by atoms with Crippen molar-refractivity contribution < 1.29 is 4.74 Å². The summed E-state index contributed by atoms with van der Waals surface area (Å²) in [5.74, 6) is 2.41. The highest BCUT2D eigenvalue weighted by molar-refractivity contribution is 5.20. The van der Waals surface area contributed by atoms with Crippen molar-refractivity contribution >= 4 is 0 Å². The van der Waals surface area contributed by atoms with Gasteiger partial charge in [-0.3, -0.25) is 4.98 Å². The molecule has 20 heavy (non-hydrogen) atoms. The van der Waals surface area contributed by atoms with Gasteiger partial charge in [0.1, 0.15) is 18.2 Å². The van der Waals surface area contributed by atoms with Gasteiger partial charge in [-0.05, 0) is 19.1 Å². The van der Waals surface area contributed by atoms with Gasteiger partial charge in [0.25, 0.3) is 0 Å². The lowest BCUT2D eigenvalue weighted by molar-refractivity contribution is 0.289. The van der Waals surface area contributed by atoms with Gasteiger partial charge in [-0.25, -0.2) is 0 Å². The van der Waals surface area contributed by atoms with E-state index in [9.17, 15) is 0 Å². The molecule has 0 amide bonds. The minimum Gasteiger partial charge on any atom is -0.484 e. The number of aryl methyl sites for hydroxylation is 1. The summed E-state index contributed by atoms with van der Waals surface area (Å²) in [7, 11) is 1.92. The van der Waals surface area contributed by atoms with Crippen molar-refractivity contribution in [3.63, 3.8) is 0 Å². The Hall–Kier alpha value is -1.95. The standard InChI is InChI=1S/C14H21N5O/c1-10(2)15-7-12-5-6-13(8-16-12)20-9-14-18-17-11(3)19(14)4/h5-6,8,10,15H,7,9H2,1-4H3. The molecule has 0 bridgehead atoms. The van der Waals surface area contributed by atoms with Gasteiger partial charge in [0, 0.05) is 19.6 Å². The third kappa shape index (κ3) is 3.77. The maximum absolute atomic E-state index is 5.66. The van der Waals surface area contributed by atoms with Crippen LogP contribution in [0, 0.1) is 6.92 Å². The van der Waals surface area contributed by atoms with Crippen LogP contribution in [0.4, 0.5) is 0 Å². The number of aromatic nitrogens is 4. The fourth-order valence-electron chi connectivity index (χ4n) is 1.63. The molecule has 2 heterocycles. The van der Waals surface area contributed by atoms with Crippen molar-refractivity contribution in [3.05, 3.63) is 35.7 Å². The molecule has 0 fully saturated rings. The predicted molar refractivity (Wildman–Crippen MR) is 76.3 cm³/mol. The molecule has 108 valence electrons. The third-order valence-corrected chi connectivity index (χ3v) is 3.04. The summed E-state index contributed by atoms with van der Waals surface area (Å²) in [6.07, 6.45) is 1.74. The Balaban J connectivity index is 1.89. The minimum atomic E-state index is 0.391. The summed E-state index contributed by atoms with van der Waals surface area (Å²) in [5, 5.41) is 11.4. The zero-order chi connectivity index (χ0) is 14.5. The van der Waals surface area contributed by atoms with Crippen molar-refractivity contribution in [1.82, 2.24) is 25.1 Å². The molecule has 0 aliphatic heterocycles. The maximum atomic E-state index is 5.66. The van der Waals surface area contributed by atoms with E-state index in [4.69, 9.17) is 4.74 Å². The number of hydrogen-bond acceptors (Lipinski definition) is 5. The van der Waals surface area contributed by atoms with E-state index < -0.39 is 0 Å². The highest BCUT2D eigenvalue weighted by Crippen LogP contribution is 2.11. The molecule has 2 aromatic heterocycles. The van der Waals surface area contributed by atoms with Crippen LogP contribution in [-0.2, 0) is 20.2 Å². The molecule has 0 aliphatic rings. The third-order valence-electron chi connectivity index (χ3n) is 3.04. The first-order chi connectivity index (χ1) is 9.56. The molecular weight excluding hydrogens is 254 g/mol. The molecule has 1 N–H and O–H groups in total. The first kappa shape index (κ1) is 14.5. The van der Waals surface area contributed by atoms with Gasteiger partial charge < -0.3 is 14.6 Å². The first-order valence-electron chi connectivity index (χ1n) is 6.72. The van der Waals surface area contributed by atoms with Crippen LogP contribution < -0.4 is 10.1 Å². The second-order valence-corrected chi connectivity index (χ2v) is 5.03. The second-order valence-electron chi connectivity index (χ2n) is 5.03. The fraction of sp³-hybridized carbons (Fsp3) is 0.500. The maximum Gasteiger partial charge on any atom is 0.170 e. The van der Waals surface area contributed by atoms with E-state index in [2.05, 4.69) is 34.3 Å². The van der Waals surface area contributed by atoms with E-state index in [1.165, 1.54) is 0 Å². The lowest BCUT2D eigenvalue weighted by atomic mass is 10.3. The van der Waals surface area contributed by atoms with Gasteiger partial charge >= 0.3 is 0 Å². The normalized spacial score (nSPS) is 11.1. The number of hydrogen-bond donors (Lipinski definition) is 1. The van der Waals surface area contributed by atoms with Gasteiger partial charge in [-0.1, -0.05) is 13.8 Å². The molecule has 0 unspecified atom stereocenters. The number of rotatable bonds is 6. The Labute approximate surface area is 119 Å². The molecule has 0 aliphatic carbocycles. The van der Waals surface area contributed by atoms with Crippen LogP contribution in [-0.4, -0.2) is 25.8 Å². The summed E-state index contributed by atoms with van der Waals surface area (Å²) >= 11 is 0. The fourth-order valence-corrected chi connectivity index (χ4v) is 1.63. The topological polar surface area (TPSA) is 64.9 Å². The van der Waals surface area contributed by atoms with Crippen molar-refractivity contribution in [1.29, 1.82) is 0 Å². The molecule has 0 atom stereocenters. The molecule has 0 aromatic carbocycles. The molecule has 0 saturated carbocycles. The Morgan fingerprint density at radius 2 is 2.10 bits per heavy atom. The quantitative estimate of drug-likeness (QED) is 0.867. The number of nitrogens with one attached hydrogen (secondary N) is 1. The lowest BCUT2D eigenvalue weighted by Gasteiger charge is -2.09. The average molecular weight is 275 g/mol. The molecule has 0 spiro atoms. The van der Waals surface area contributed by atoms with Gasteiger partial charge in [-0.15, -0.1) is 10.2 Å². The second kappa shape index (κ2) is 6.47. The van der Waals surface area contributed by atoms with Crippen molar-refractivity contribution in [3.8, 4) is 5.75 Å². The zero-order valence-corrected chi connectivity index (χ0v) is 12.4. The lowest BCUT2D eigenvalue weighted by Crippen LogP contribution is -2.22. The summed E-state index contributed by atoms with van der Waals surface area (Å²) in [6, 6.07) is 4.34. The van der Waals surface area contributed by atoms with Gasteiger partial charge in [0.15, 0.2) is 5.82 Å². The SMILES string of the molecule is Cc1nnc(COc2ccc(CNC(C)C)nc2)n1C. The molecule has 0 radical (unpaired) electrons. The van der Waals surface area contributed by atoms with E-state index in [0.717, 1.165) is 29.6 Å². The van der Waals surface area contributed by atoms with Crippen LogP contribution in [0.15, 0.2) is 18.3 Å². The molecule has 2 rings (SSSR count). The van der Waals surface area contributed by atoms with Crippen molar-refractivity contribution in [2.24, 2.45) is 7.05 Å². The number of ether oxygens (including phenoxy) is 1. The van der Waals surface area contributed by atoms with Crippen LogP contribution in [0.3, 0.4) is 0 Å². The molecule has 0 saturated heterocycles. The average Bonchev–Trinajstić information content (AvgIpc) is 2.75. The van der Waals surface area contributed by atoms with Crippen molar-refractivity contribution in [2.75, 3.05) is 0 Å². The van der Waals surface area contributed by atoms with Gasteiger partial charge in [0.05, 0.1) is 11.9 Å². The summed E-state index contributed by atoms with van der Waals surface area (Å²) in [6.45, 7) is 7.29. The monoisotopic (exact) mass is 275 g/mol. The largest absolute Gasteiger partial charge is 0.484 e. The number of nitrogens with zero attached hydrogens (tertiary/aromatic N) is 4. The summed E-state index contributed by atoms with van der Waals surface area (Å²) < 4.78 is 7.57. The molecule has 2 aromatic rings. The molecule has 6 heteroatoms. The molecular formula is C14H21N5O. The van der Waals surface area contributed by atoms with Crippen molar-refractivity contribution in [2.45, 2.75) is 40.0 Å². The van der Waals surface area contributed by atoms with E-state index in [1.807, 2.05) is 30.7 Å². The van der Waals surface area contributed by atoms with E-state index in [-0.39, 0.29) is 0 Å². The zero-order valence-electron chi connectivity index (χ0n) is 12.4.